The molecule has 4 fully saturated rings. The number of aliphatic carboxylic acids is 1. The molecule has 1 heterocycles. The van der Waals surface area contributed by atoms with Crippen LogP contribution in [-0.4, -0.2) is 30.0 Å². The molecule has 6 aliphatic rings. The van der Waals surface area contributed by atoms with Crippen molar-refractivity contribution >= 4 is 23.5 Å². The molecular weight excluding hydrogens is 466 g/mol. The number of anilines is 1. The summed E-state index contributed by atoms with van der Waals surface area (Å²) in [6.07, 6.45) is 7.47. The highest BCUT2D eigenvalue weighted by atomic mass is 16.5. The number of nitrogens with zero attached hydrogens (tertiary/aromatic N) is 1. The Balaban J connectivity index is 1.47. The van der Waals surface area contributed by atoms with Crippen molar-refractivity contribution in [1.29, 1.82) is 0 Å². The number of rotatable bonds is 4. The quantitative estimate of drug-likeness (QED) is 0.419. The molecule has 1 aromatic rings. The maximum atomic E-state index is 14.3. The minimum atomic E-state index is -0.736. The fourth-order valence-electron chi connectivity index (χ4n) is 9.94. The number of fused-ring (bicyclic) bond motifs is 1. The Kier molecular flexibility index (Phi) is 5.30. The van der Waals surface area contributed by atoms with E-state index in [0.717, 1.165) is 32.1 Å². The van der Waals surface area contributed by atoms with E-state index in [4.69, 9.17) is 4.74 Å². The first-order chi connectivity index (χ1) is 17.5. The van der Waals surface area contributed by atoms with Gasteiger partial charge in [0, 0.05) is 5.41 Å². The number of ether oxygens (including phenoxy) is 1. The van der Waals surface area contributed by atoms with Gasteiger partial charge in [-0.15, -0.1) is 0 Å². The minimum Gasteiger partial charge on any atom is -0.497 e. The molecule has 1 N–H and O–H groups in total. The second kappa shape index (κ2) is 7.94. The van der Waals surface area contributed by atoms with E-state index in [1.807, 2.05) is 6.92 Å². The average molecular weight is 506 g/mol. The van der Waals surface area contributed by atoms with Crippen molar-refractivity contribution in [3.05, 3.63) is 35.9 Å². The lowest BCUT2D eigenvalue weighted by Crippen LogP contribution is -2.65. The van der Waals surface area contributed by atoms with E-state index in [0.29, 0.717) is 23.8 Å². The van der Waals surface area contributed by atoms with Gasteiger partial charge in [-0.25, -0.2) is 0 Å². The van der Waals surface area contributed by atoms with Crippen molar-refractivity contribution in [1.82, 2.24) is 0 Å². The summed E-state index contributed by atoms with van der Waals surface area (Å²) in [5, 5.41) is 10.3. The van der Waals surface area contributed by atoms with Crippen molar-refractivity contribution < 1.29 is 24.2 Å². The van der Waals surface area contributed by atoms with Crippen LogP contribution in [-0.2, 0) is 14.4 Å². The van der Waals surface area contributed by atoms with Gasteiger partial charge in [0.05, 0.1) is 30.0 Å². The Morgan fingerprint density at radius 1 is 1.05 bits per heavy atom. The summed E-state index contributed by atoms with van der Waals surface area (Å²) < 4.78 is 5.29. The lowest BCUT2D eigenvalue weighted by Gasteiger charge is -2.68. The number of hydrogen-bond acceptors (Lipinski definition) is 4. The van der Waals surface area contributed by atoms with E-state index in [1.54, 1.807) is 31.4 Å². The Hall–Kier alpha value is -2.63. The van der Waals surface area contributed by atoms with Crippen molar-refractivity contribution in [2.24, 2.45) is 51.8 Å². The molecule has 8 atom stereocenters. The SMILES string of the molecule is COc1ccc(N2C(=O)[C@H]3[C@@H](C2=O)[C@@]24C=C(C(C)C)[C@@H]3C[C@@H]2[C@]2(C)CCC[C@](C)(C(=O)O)[C@H]2CC4)cc1. The fourth-order valence-corrected chi connectivity index (χ4v) is 9.94. The molecule has 2 amide bonds. The summed E-state index contributed by atoms with van der Waals surface area (Å²) in [6, 6.07) is 7.20. The van der Waals surface area contributed by atoms with Crippen LogP contribution in [0.25, 0.3) is 0 Å². The topological polar surface area (TPSA) is 83.9 Å². The van der Waals surface area contributed by atoms with Crippen molar-refractivity contribution in [2.75, 3.05) is 12.0 Å². The number of carbonyl (C=O) groups excluding carboxylic acids is 2. The molecule has 3 saturated carbocycles. The second-order valence-corrected chi connectivity index (χ2v) is 13.2. The van der Waals surface area contributed by atoms with Crippen LogP contribution in [0.4, 0.5) is 5.69 Å². The first-order valence-electron chi connectivity index (χ1n) is 14.0. The van der Waals surface area contributed by atoms with Crippen LogP contribution in [0.2, 0.25) is 0 Å². The van der Waals surface area contributed by atoms with Crippen LogP contribution in [0.5, 0.6) is 5.75 Å². The number of amides is 2. The molecule has 37 heavy (non-hydrogen) atoms. The molecule has 0 unspecified atom stereocenters. The molecule has 1 aliphatic heterocycles. The number of carbonyl (C=O) groups is 3. The molecule has 0 aromatic heterocycles. The zero-order valence-electron chi connectivity index (χ0n) is 22.6. The predicted octanol–water partition coefficient (Wildman–Crippen LogP) is 5.71. The van der Waals surface area contributed by atoms with E-state index in [1.165, 1.54) is 10.5 Å². The molecule has 6 heteroatoms. The van der Waals surface area contributed by atoms with Crippen molar-refractivity contribution in [3.63, 3.8) is 0 Å². The zero-order valence-corrected chi connectivity index (χ0v) is 22.6. The molecule has 198 valence electrons. The third kappa shape index (κ3) is 3.01. The van der Waals surface area contributed by atoms with E-state index in [2.05, 4.69) is 26.8 Å². The number of hydrogen-bond donors (Lipinski definition) is 1. The molecule has 7 rings (SSSR count). The summed E-state index contributed by atoms with van der Waals surface area (Å²) >= 11 is 0. The number of carboxylic acids is 1. The summed E-state index contributed by atoms with van der Waals surface area (Å²) in [4.78, 5) is 42.3. The van der Waals surface area contributed by atoms with Crippen LogP contribution in [0.15, 0.2) is 35.9 Å². The average Bonchev–Trinajstić information content (AvgIpc) is 3.15. The van der Waals surface area contributed by atoms with E-state index in [9.17, 15) is 19.5 Å². The van der Waals surface area contributed by atoms with Gasteiger partial charge in [-0.05, 0) is 92.4 Å². The van der Waals surface area contributed by atoms with Crippen LogP contribution in [0.1, 0.15) is 66.2 Å². The van der Waals surface area contributed by atoms with E-state index < -0.39 is 16.8 Å². The third-order valence-electron chi connectivity index (χ3n) is 11.5. The van der Waals surface area contributed by atoms with Gasteiger partial charge in [0.2, 0.25) is 11.8 Å². The molecule has 5 aliphatic carbocycles. The first kappa shape index (κ1) is 24.7. The Morgan fingerprint density at radius 2 is 1.76 bits per heavy atom. The molecular formula is C31H39NO5. The lowest BCUT2D eigenvalue weighted by molar-refractivity contribution is -0.194. The molecule has 6 nitrogen and oxygen atoms in total. The number of methoxy groups -OCH3 is 1. The maximum Gasteiger partial charge on any atom is 0.309 e. The lowest BCUT2D eigenvalue weighted by atomic mass is 9.34. The number of benzene rings is 1. The highest BCUT2D eigenvalue weighted by Crippen LogP contribution is 2.74. The fraction of sp³-hybridized carbons (Fsp3) is 0.645. The normalized spacial score (nSPS) is 42.3. The van der Waals surface area contributed by atoms with E-state index in [-0.39, 0.29) is 46.8 Å². The molecule has 1 spiro atoms. The maximum absolute atomic E-state index is 14.3. The Labute approximate surface area is 219 Å². The highest BCUT2D eigenvalue weighted by Gasteiger charge is 2.73. The second-order valence-electron chi connectivity index (χ2n) is 13.2. The molecule has 1 saturated heterocycles. The van der Waals surface area contributed by atoms with Gasteiger partial charge in [-0.3, -0.25) is 19.3 Å². The summed E-state index contributed by atoms with van der Waals surface area (Å²) in [5.74, 6) is -0.213. The van der Waals surface area contributed by atoms with Gasteiger partial charge >= 0.3 is 5.97 Å². The Morgan fingerprint density at radius 3 is 2.38 bits per heavy atom. The summed E-state index contributed by atoms with van der Waals surface area (Å²) in [7, 11) is 1.60. The van der Waals surface area contributed by atoms with Crippen LogP contribution in [0.3, 0.4) is 0 Å². The largest absolute Gasteiger partial charge is 0.497 e. The number of allylic oxidation sites excluding steroid dienone is 2. The monoisotopic (exact) mass is 505 g/mol. The van der Waals surface area contributed by atoms with Gasteiger partial charge in [-0.1, -0.05) is 38.8 Å². The number of carboxylic acid groups (broad SMARTS) is 1. The molecule has 1 aromatic carbocycles. The van der Waals surface area contributed by atoms with Gasteiger partial charge in [0.1, 0.15) is 5.75 Å². The molecule has 2 bridgehead atoms. The summed E-state index contributed by atoms with van der Waals surface area (Å²) in [5.41, 5.74) is 0.645. The van der Waals surface area contributed by atoms with Crippen molar-refractivity contribution in [2.45, 2.75) is 66.2 Å². The zero-order chi connectivity index (χ0) is 26.5. The van der Waals surface area contributed by atoms with Crippen LogP contribution < -0.4 is 9.64 Å². The first-order valence-corrected chi connectivity index (χ1v) is 14.0. The Bertz CT molecular complexity index is 1200. The van der Waals surface area contributed by atoms with Crippen LogP contribution >= 0.6 is 0 Å². The van der Waals surface area contributed by atoms with Gasteiger partial charge < -0.3 is 9.84 Å². The van der Waals surface area contributed by atoms with E-state index >= 15 is 0 Å². The minimum absolute atomic E-state index is 0.0326. The van der Waals surface area contributed by atoms with Gasteiger partial charge in [0.25, 0.3) is 0 Å². The molecule has 0 radical (unpaired) electrons. The number of imide groups is 1. The standard InChI is InChI=1S/C31H39NO5/c1-17(2)21-16-31-14-11-22-29(3,12-6-13-30(22,4)28(35)36)23(31)15-20(21)24-25(31)27(34)32(26(24)33)18-7-9-19(37-5)10-8-18/h7-10,16-17,20,22-25H,6,11-15H2,1-5H3,(H,35,36)/t20-,22-,23+,24+,25-,29+,30-,31-/m0/s1. The van der Waals surface area contributed by atoms with Crippen LogP contribution in [0, 0.1) is 51.8 Å². The smallest absolute Gasteiger partial charge is 0.309 e. The van der Waals surface area contributed by atoms with Gasteiger partial charge in [-0.2, -0.15) is 0 Å². The van der Waals surface area contributed by atoms with Gasteiger partial charge in [0.15, 0.2) is 0 Å². The highest BCUT2D eigenvalue weighted by molar-refractivity contribution is 6.23. The third-order valence-corrected chi connectivity index (χ3v) is 11.5. The summed E-state index contributed by atoms with van der Waals surface area (Å²) in [6.45, 7) is 8.66. The predicted molar refractivity (Wildman–Crippen MR) is 140 cm³/mol. The van der Waals surface area contributed by atoms with Crippen molar-refractivity contribution in [3.8, 4) is 5.75 Å².